The molecule has 1 saturated heterocycles. The summed E-state index contributed by atoms with van der Waals surface area (Å²) in [6, 6.07) is 0. The van der Waals surface area contributed by atoms with Crippen LogP contribution in [0.1, 0.15) is 5.82 Å². The Morgan fingerprint density at radius 3 is 2.78 bits per heavy atom. The van der Waals surface area contributed by atoms with Crippen molar-refractivity contribution in [1.29, 1.82) is 0 Å². The Labute approximate surface area is 153 Å². The van der Waals surface area contributed by atoms with Crippen molar-refractivity contribution in [2.75, 3.05) is 6.61 Å². The van der Waals surface area contributed by atoms with Gasteiger partial charge < -0.3 is 19.8 Å². The molecule has 0 bridgehead atoms. The molecule has 10 heteroatoms. The number of aryl methyl sites for hydroxylation is 1. The number of rotatable bonds is 3. The normalized spacial score (nSPS) is 24.1. The lowest BCUT2D eigenvalue weighted by Crippen LogP contribution is -2.49. The summed E-state index contributed by atoms with van der Waals surface area (Å²) in [6.07, 6.45) is 6.27. The average molecular weight is 373 g/mol. The van der Waals surface area contributed by atoms with Crippen molar-refractivity contribution in [3.05, 3.63) is 51.0 Å². The molecule has 10 nitrogen and oxygen atoms in total. The van der Waals surface area contributed by atoms with Crippen molar-refractivity contribution in [1.82, 2.24) is 24.4 Å². The zero-order valence-corrected chi connectivity index (χ0v) is 14.8. The second-order valence-corrected chi connectivity index (χ2v) is 6.46. The summed E-state index contributed by atoms with van der Waals surface area (Å²) in [4.78, 5) is 43.6. The predicted octanol–water partition coefficient (Wildman–Crippen LogP) is -1.14. The molecule has 2 aromatic rings. The van der Waals surface area contributed by atoms with Gasteiger partial charge in [-0.15, -0.1) is 0 Å². The van der Waals surface area contributed by atoms with Gasteiger partial charge in [0.2, 0.25) is 0 Å². The van der Waals surface area contributed by atoms with Gasteiger partial charge in [-0.1, -0.05) is 24.3 Å². The van der Waals surface area contributed by atoms with Gasteiger partial charge >= 0.3 is 5.69 Å². The standard InChI is InChI=1S/C17H19N5O5/c1-21-14-13(16(24)22(2)17(21)25)19-12(20-14)7-18-15(23)11-8-26-9-5-3-4-6-10(9)27-11/h3-6,9-11H,7-8H2,1-2H3,(H,18,23)(H,19,20). The van der Waals surface area contributed by atoms with Crippen molar-refractivity contribution < 1.29 is 14.3 Å². The number of nitrogens with one attached hydrogen (secondary N) is 2. The lowest BCUT2D eigenvalue weighted by atomic mass is 10.1. The van der Waals surface area contributed by atoms with Gasteiger partial charge in [0.1, 0.15) is 23.5 Å². The van der Waals surface area contributed by atoms with E-state index in [1.807, 2.05) is 24.3 Å². The molecule has 142 valence electrons. The SMILES string of the molecule is Cn1c(=O)c2[nH]c(CNC(=O)C3COC4C=CC=CC4O3)nc2n(C)c1=O. The predicted molar refractivity (Wildman–Crippen MR) is 95.1 cm³/mol. The van der Waals surface area contributed by atoms with Crippen molar-refractivity contribution in [2.45, 2.75) is 24.9 Å². The Balaban J connectivity index is 1.47. The summed E-state index contributed by atoms with van der Waals surface area (Å²) in [7, 11) is 2.93. The van der Waals surface area contributed by atoms with E-state index < -0.39 is 17.4 Å². The van der Waals surface area contributed by atoms with Gasteiger partial charge in [0.05, 0.1) is 13.2 Å². The zero-order valence-electron chi connectivity index (χ0n) is 14.8. The van der Waals surface area contributed by atoms with Gasteiger partial charge in [-0.2, -0.15) is 0 Å². The zero-order chi connectivity index (χ0) is 19.1. The molecular formula is C17H19N5O5. The van der Waals surface area contributed by atoms with Crippen molar-refractivity contribution >= 4 is 17.1 Å². The number of fused-ring (bicyclic) bond motifs is 2. The topological polar surface area (TPSA) is 120 Å². The van der Waals surface area contributed by atoms with Gasteiger partial charge in [-0.05, 0) is 0 Å². The molecule has 1 fully saturated rings. The minimum atomic E-state index is -0.732. The van der Waals surface area contributed by atoms with Crippen LogP contribution in [0.3, 0.4) is 0 Å². The molecule has 27 heavy (non-hydrogen) atoms. The number of hydrogen-bond acceptors (Lipinski definition) is 6. The lowest BCUT2D eigenvalue weighted by Gasteiger charge is -2.34. The molecule has 2 aliphatic rings. The highest BCUT2D eigenvalue weighted by atomic mass is 16.6. The first-order valence-electron chi connectivity index (χ1n) is 8.50. The van der Waals surface area contributed by atoms with Gasteiger partial charge in [-0.3, -0.25) is 18.7 Å². The smallest absolute Gasteiger partial charge is 0.332 e. The molecule has 3 unspecified atom stereocenters. The fourth-order valence-corrected chi connectivity index (χ4v) is 3.15. The molecule has 2 aromatic heterocycles. The van der Waals surface area contributed by atoms with E-state index in [4.69, 9.17) is 9.47 Å². The molecule has 2 N–H and O–H groups in total. The van der Waals surface area contributed by atoms with Crippen LogP contribution in [-0.4, -0.2) is 49.9 Å². The van der Waals surface area contributed by atoms with Crippen molar-refractivity contribution in [2.24, 2.45) is 14.1 Å². The fourth-order valence-electron chi connectivity index (χ4n) is 3.15. The van der Waals surface area contributed by atoms with Crippen LogP contribution in [0.15, 0.2) is 33.9 Å². The number of aromatic amines is 1. The number of allylic oxidation sites excluding steroid dienone is 2. The van der Waals surface area contributed by atoms with E-state index >= 15 is 0 Å². The van der Waals surface area contributed by atoms with Crippen LogP contribution in [0.4, 0.5) is 0 Å². The molecule has 1 aliphatic carbocycles. The summed E-state index contributed by atoms with van der Waals surface area (Å²) in [6.45, 7) is 0.217. The maximum Gasteiger partial charge on any atom is 0.332 e. The number of H-pyrrole nitrogens is 1. The molecule has 0 aromatic carbocycles. The number of ether oxygens (including phenoxy) is 2. The number of hydrogen-bond donors (Lipinski definition) is 2. The average Bonchev–Trinajstić information content (AvgIpc) is 3.13. The molecule has 3 heterocycles. The third-order valence-electron chi connectivity index (χ3n) is 4.66. The summed E-state index contributed by atoms with van der Waals surface area (Å²) in [5.74, 6) is 0.0328. The quantitative estimate of drug-likeness (QED) is 0.701. The number of carbonyl (C=O) groups excluding carboxylic acids is 1. The van der Waals surface area contributed by atoms with Crippen molar-refractivity contribution in [3.63, 3.8) is 0 Å². The van der Waals surface area contributed by atoms with Crippen LogP contribution in [0.25, 0.3) is 11.2 Å². The van der Waals surface area contributed by atoms with E-state index in [0.717, 1.165) is 4.57 Å². The van der Waals surface area contributed by atoms with Crippen LogP contribution in [-0.2, 0) is 34.9 Å². The molecule has 1 aliphatic heterocycles. The van der Waals surface area contributed by atoms with Crippen LogP contribution < -0.4 is 16.6 Å². The Hall–Kier alpha value is -2.98. The Kier molecular flexibility index (Phi) is 4.28. The number of carbonyl (C=O) groups is 1. The molecule has 3 atom stereocenters. The molecule has 4 rings (SSSR count). The van der Waals surface area contributed by atoms with Crippen molar-refractivity contribution in [3.8, 4) is 0 Å². The van der Waals surface area contributed by atoms with Crippen LogP contribution in [0.2, 0.25) is 0 Å². The van der Waals surface area contributed by atoms with Crippen LogP contribution in [0, 0.1) is 0 Å². The summed E-state index contributed by atoms with van der Waals surface area (Å²) in [5, 5.41) is 2.72. The minimum absolute atomic E-state index is 0.0640. The maximum absolute atomic E-state index is 12.4. The molecule has 0 radical (unpaired) electrons. The van der Waals surface area contributed by atoms with Gasteiger partial charge in [0, 0.05) is 14.1 Å². The van der Waals surface area contributed by atoms with Crippen LogP contribution in [0.5, 0.6) is 0 Å². The Morgan fingerprint density at radius 2 is 2.00 bits per heavy atom. The molecule has 0 spiro atoms. The molecule has 0 saturated carbocycles. The third kappa shape index (κ3) is 3.02. The number of imidazole rings is 1. The summed E-state index contributed by atoms with van der Waals surface area (Å²) < 4.78 is 13.7. The highest BCUT2D eigenvalue weighted by molar-refractivity contribution is 5.81. The largest absolute Gasteiger partial charge is 0.368 e. The maximum atomic E-state index is 12.4. The van der Waals surface area contributed by atoms with Gasteiger partial charge in [-0.25, -0.2) is 9.78 Å². The monoisotopic (exact) mass is 373 g/mol. The first-order chi connectivity index (χ1) is 13.0. The first kappa shape index (κ1) is 17.4. The second kappa shape index (κ2) is 6.63. The van der Waals surface area contributed by atoms with E-state index in [1.165, 1.54) is 18.7 Å². The van der Waals surface area contributed by atoms with E-state index in [9.17, 15) is 14.4 Å². The van der Waals surface area contributed by atoms with E-state index in [1.54, 1.807) is 0 Å². The number of amides is 1. The van der Waals surface area contributed by atoms with E-state index in [2.05, 4.69) is 15.3 Å². The highest BCUT2D eigenvalue weighted by Gasteiger charge is 2.33. The third-order valence-corrected chi connectivity index (χ3v) is 4.66. The van der Waals surface area contributed by atoms with E-state index in [-0.39, 0.29) is 42.4 Å². The fraction of sp³-hybridized carbons (Fsp3) is 0.412. The van der Waals surface area contributed by atoms with Crippen LogP contribution >= 0.6 is 0 Å². The number of aromatic nitrogens is 4. The summed E-state index contributed by atoms with van der Waals surface area (Å²) >= 11 is 0. The van der Waals surface area contributed by atoms with E-state index in [0.29, 0.717) is 5.82 Å². The second-order valence-electron chi connectivity index (χ2n) is 6.46. The molecular weight excluding hydrogens is 354 g/mol. The molecule has 1 amide bonds. The Morgan fingerprint density at radius 1 is 1.26 bits per heavy atom. The first-order valence-corrected chi connectivity index (χ1v) is 8.50. The van der Waals surface area contributed by atoms with Gasteiger partial charge in [0.25, 0.3) is 11.5 Å². The summed E-state index contributed by atoms with van der Waals surface area (Å²) in [5.41, 5.74) is -0.480. The Bertz CT molecular complexity index is 1080. The minimum Gasteiger partial charge on any atom is -0.368 e. The number of nitrogens with zero attached hydrogens (tertiary/aromatic N) is 3. The van der Waals surface area contributed by atoms with Gasteiger partial charge in [0.15, 0.2) is 11.8 Å². The highest BCUT2D eigenvalue weighted by Crippen LogP contribution is 2.20. The lowest BCUT2D eigenvalue weighted by molar-refractivity contribution is -0.168.